The van der Waals surface area contributed by atoms with Crippen LogP contribution in [0.15, 0.2) is 28.2 Å². The van der Waals surface area contributed by atoms with Crippen molar-refractivity contribution in [1.82, 2.24) is 34.0 Å². The molecule has 2 fully saturated rings. The van der Waals surface area contributed by atoms with Crippen molar-refractivity contribution in [1.29, 1.82) is 0 Å². The number of H-pyrrole nitrogens is 1. The number of fused-ring (bicyclic) bond motifs is 1. The van der Waals surface area contributed by atoms with Crippen LogP contribution >= 0.6 is 7.82 Å². The van der Waals surface area contributed by atoms with Crippen molar-refractivity contribution in [3.05, 3.63) is 39.4 Å². The summed E-state index contributed by atoms with van der Waals surface area (Å²) in [6, 6.07) is 1.49. The third-order valence-electron chi connectivity index (χ3n) is 12.4. The van der Waals surface area contributed by atoms with Gasteiger partial charge in [0, 0.05) is 67.2 Å². The number of amides is 1. The molecule has 1 amide bonds. The summed E-state index contributed by atoms with van der Waals surface area (Å²) in [4.78, 5) is 57.1. The Morgan fingerprint density at radius 1 is 0.800 bits per heavy atom. The van der Waals surface area contributed by atoms with Crippen molar-refractivity contribution in [2.75, 3.05) is 66.7 Å². The maximum atomic E-state index is 14.8. The highest BCUT2D eigenvalue weighted by Gasteiger charge is 2.52. The molecule has 2 aliphatic rings. The average Bonchev–Trinajstić information content (AvgIpc) is 3.97. The number of unbranched alkanes of at least 4 members (excludes halogenated alkanes) is 14. The minimum Gasteiger partial charge on any atom is -0.383 e. The van der Waals surface area contributed by atoms with Crippen LogP contribution in [0.2, 0.25) is 0 Å². The van der Waals surface area contributed by atoms with Crippen LogP contribution in [-0.2, 0) is 46.6 Å². The van der Waals surface area contributed by atoms with Gasteiger partial charge in [-0.1, -0.05) is 96.8 Å². The second-order valence-corrected chi connectivity index (χ2v) is 18.7. The number of hydrogen-bond donors (Lipinski definition) is 3. The molecule has 4 unspecified atom stereocenters. The van der Waals surface area contributed by atoms with E-state index in [1.54, 1.807) is 4.90 Å². The number of carbonyl (C=O) groups excluding carboxylic acids is 1. The zero-order valence-corrected chi connectivity index (χ0v) is 39.9. The Morgan fingerprint density at radius 3 is 1.95 bits per heavy atom. The maximum absolute atomic E-state index is 14.8. The first-order chi connectivity index (χ1) is 31.4. The van der Waals surface area contributed by atoms with Crippen LogP contribution in [0.25, 0.3) is 11.2 Å². The van der Waals surface area contributed by atoms with Crippen molar-refractivity contribution in [2.45, 2.75) is 153 Å². The Balaban J connectivity index is 1.35. The summed E-state index contributed by atoms with van der Waals surface area (Å²) in [5.41, 5.74) is 10.6. The Hall–Kier alpha value is -3.79. The Bertz CT molecular complexity index is 2080. The highest BCUT2D eigenvalue weighted by Crippen LogP contribution is 2.52. The highest BCUT2D eigenvalue weighted by molar-refractivity contribution is 7.48. The second kappa shape index (κ2) is 25.9. The standard InChI is InChI=1S/C43H72N9O12P/c1-7-8-9-10-11-12-13-14-15-16-17-18-19-20-21-23-50(33(53)25-29-31(27-57-2)63-40(35(29)58-3)51-24-22-32(44)47-43(51)55)26-30-36(64-65(56,60-5)61-6)37(59-4)41(62-30)52-28-46-34-38(52)48-42(45)49-39(34)54/h22,24,28-31,35-37,40-41H,7-21,23,25-27H2,1-6H3,(H2,44,47,55)(H3,45,48,49,54)/t29?,30-,31-,35?,36?,37?,40-,41-/m1/s1. The number of nitrogens with two attached hydrogens (primary N) is 2. The van der Waals surface area contributed by atoms with Gasteiger partial charge in [0.25, 0.3) is 5.56 Å². The first-order valence-electron chi connectivity index (χ1n) is 23.0. The normalized spacial score (nSPS) is 23.5. The number of hydrogen-bond acceptors (Lipinski definition) is 17. The lowest BCUT2D eigenvalue weighted by molar-refractivity contribution is -0.137. The number of nitrogens with one attached hydrogen (secondary N) is 1. The molecule has 0 spiro atoms. The number of phosphoric acid groups is 1. The summed E-state index contributed by atoms with van der Waals surface area (Å²) in [6.45, 7) is 2.67. The van der Waals surface area contributed by atoms with Gasteiger partial charge in [-0.3, -0.25) is 37.3 Å². The van der Waals surface area contributed by atoms with Crippen molar-refractivity contribution >= 4 is 36.7 Å². The fourth-order valence-corrected chi connectivity index (χ4v) is 9.80. The lowest BCUT2D eigenvalue weighted by Gasteiger charge is -2.31. The third kappa shape index (κ3) is 13.9. The average molecular weight is 938 g/mol. The Morgan fingerprint density at radius 2 is 1.38 bits per heavy atom. The zero-order chi connectivity index (χ0) is 46.9. The Labute approximate surface area is 381 Å². The van der Waals surface area contributed by atoms with E-state index in [0.717, 1.165) is 25.7 Å². The second-order valence-electron chi connectivity index (χ2n) is 16.8. The summed E-state index contributed by atoms with van der Waals surface area (Å²) in [5, 5.41) is 0. The molecule has 5 rings (SSSR count). The van der Waals surface area contributed by atoms with Gasteiger partial charge < -0.3 is 40.1 Å². The fraction of sp³-hybridized carbons (Fsp3) is 0.767. The fourth-order valence-electron chi connectivity index (χ4n) is 8.93. The first-order valence-corrected chi connectivity index (χ1v) is 24.5. The summed E-state index contributed by atoms with van der Waals surface area (Å²) in [5.74, 6) is -0.896. The SMILES string of the molecule is CCCCCCCCCCCCCCCCCN(C[C@H]1O[C@@H](n2cnc3c(=O)[nH]c(N)nc32)C(OC)C1OP(=O)(OC)OC)C(=O)CC1C(OC)[C@H](n2ccc(N)nc2=O)O[C@@H]1COC. The number of carbonyl (C=O) groups is 1. The number of nitrogens with zero attached hydrogens (tertiary/aromatic N) is 6. The number of methoxy groups -OCH3 is 3. The lowest BCUT2D eigenvalue weighted by Crippen LogP contribution is -2.46. The number of nitrogen functional groups attached to an aromatic ring is 2. The predicted octanol–water partition coefficient (Wildman–Crippen LogP) is 5.50. The molecule has 2 saturated heterocycles. The molecule has 0 aliphatic carbocycles. The number of anilines is 2. The van der Waals surface area contributed by atoms with Gasteiger partial charge >= 0.3 is 13.5 Å². The van der Waals surface area contributed by atoms with Crippen molar-refractivity contribution in [2.24, 2.45) is 5.92 Å². The van der Waals surface area contributed by atoms with Gasteiger partial charge in [0.2, 0.25) is 11.9 Å². The molecular formula is C43H72N9O12P. The molecule has 21 nitrogen and oxygen atoms in total. The number of aromatic nitrogens is 6. The van der Waals surface area contributed by atoms with E-state index < -0.39 is 68.0 Å². The summed E-state index contributed by atoms with van der Waals surface area (Å²) < 4.78 is 63.3. The van der Waals surface area contributed by atoms with Gasteiger partial charge in [-0.15, -0.1) is 0 Å². The topological polar surface area (TPSA) is 262 Å². The molecule has 2 aliphatic heterocycles. The number of imidazole rings is 1. The van der Waals surface area contributed by atoms with Crippen LogP contribution in [0.4, 0.5) is 11.8 Å². The first kappa shape index (κ1) is 52.2. The molecule has 0 aromatic carbocycles. The summed E-state index contributed by atoms with van der Waals surface area (Å²) in [6.07, 6.45) is 14.2. The molecule has 0 radical (unpaired) electrons. The van der Waals surface area contributed by atoms with Crippen LogP contribution in [0.5, 0.6) is 0 Å². The van der Waals surface area contributed by atoms with Gasteiger partial charge in [-0.25, -0.2) is 14.3 Å². The van der Waals surface area contributed by atoms with Crippen molar-refractivity contribution in [3.63, 3.8) is 0 Å². The van der Waals surface area contributed by atoms with E-state index in [-0.39, 0.29) is 48.4 Å². The molecule has 65 heavy (non-hydrogen) atoms. The summed E-state index contributed by atoms with van der Waals surface area (Å²) >= 11 is 0. The maximum Gasteiger partial charge on any atom is 0.474 e. The number of phosphoric ester groups is 1. The minimum atomic E-state index is -4.17. The highest BCUT2D eigenvalue weighted by atomic mass is 31.2. The Kier molecular flexibility index (Phi) is 20.8. The molecule has 22 heteroatoms. The van der Waals surface area contributed by atoms with Crippen molar-refractivity contribution < 1.29 is 46.6 Å². The molecular weight excluding hydrogens is 865 g/mol. The van der Waals surface area contributed by atoms with Gasteiger partial charge in [0.15, 0.2) is 23.6 Å². The molecule has 5 heterocycles. The van der Waals surface area contributed by atoms with E-state index in [0.29, 0.717) is 13.0 Å². The number of ether oxygens (including phenoxy) is 5. The van der Waals surface area contributed by atoms with Gasteiger partial charge in [-0.2, -0.15) is 9.97 Å². The quantitative estimate of drug-likeness (QED) is 0.0550. The molecule has 3 aromatic rings. The number of aromatic amines is 1. The van der Waals surface area contributed by atoms with Crippen LogP contribution < -0.4 is 22.7 Å². The van der Waals surface area contributed by atoms with E-state index in [1.807, 2.05) is 0 Å². The van der Waals surface area contributed by atoms with Gasteiger partial charge in [-0.05, 0) is 12.5 Å². The molecule has 0 saturated carbocycles. The lowest BCUT2D eigenvalue weighted by atomic mass is 9.93. The molecule has 3 aromatic heterocycles. The van der Waals surface area contributed by atoms with Crippen LogP contribution in [-0.4, -0.2) is 126 Å². The van der Waals surface area contributed by atoms with Crippen LogP contribution in [0, 0.1) is 5.92 Å². The van der Waals surface area contributed by atoms with Crippen LogP contribution in [0.1, 0.15) is 122 Å². The molecule has 8 atom stereocenters. The van der Waals surface area contributed by atoms with E-state index >= 15 is 0 Å². The van der Waals surface area contributed by atoms with E-state index in [1.165, 1.54) is 127 Å². The van der Waals surface area contributed by atoms with E-state index in [2.05, 4.69) is 26.9 Å². The largest absolute Gasteiger partial charge is 0.474 e. The van der Waals surface area contributed by atoms with E-state index in [9.17, 15) is 18.9 Å². The zero-order valence-electron chi connectivity index (χ0n) is 39.0. The summed E-state index contributed by atoms with van der Waals surface area (Å²) in [7, 11) is 2.66. The van der Waals surface area contributed by atoms with Crippen LogP contribution in [0.3, 0.4) is 0 Å². The minimum absolute atomic E-state index is 0.00964. The predicted molar refractivity (Wildman–Crippen MR) is 243 cm³/mol. The monoisotopic (exact) mass is 938 g/mol. The molecule has 5 N–H and O–H groups in total. The molecule has 0 bridgehead atoms. The number of rotatable bonds is 30. The molecule has 366 valence electrons. The van der Waals surface area contributed by atoms with Gasteiger partial charge in [0.05, 0.1) is 19.0 Å². The third-order valence-corrected chi connectivity index (χ3v) is 13.8. The smallest absolute Gasteiger partial charge is 0.383 e. The van der Waals surface area contributed by atoms with Gasteiger partial charge in [0.1, 0.15) is 30.2 Å². The van der Waals surface area contributed by atoms with E-state index in [4.69, 9.17) is 48.7 Å². The van der Waals surface area contributed by atoms with Crippen molar-refractivity contribution in [3.8, 4) is 0 Å².